The molecule has 0 radical (unpaired) electrons. The summed E-state index contributed by atoms with van der Waals surface area (Å²) >= 11 is 0. The standard InChI is InChI=1S/C6H12O.C3H6O/c1-4-6(2)5-7-3;1-3-4-2/h4,6H,1,5H2,2-3H3;3H,1H2,2H3/t6-;/m0./s1. The highest BCUT2D eigenvalue weighted by Crippen LogP contribution is 1.92. The molecule has 1 atom stereocenters. The van der Waals surface area contributed by atoms with Crippen LogP contribution in [0, 0.1) is 5.92 Å². The Hall–Kier alpha value is -0.760. The molecule has 0 spiro atoms. The van der Waals surface area contributed by atoms with Crippen LogP contribution in [0.4, 0.5) is 0 Å². The molecule has 0 aliphatic rings. The lowest BCUT2D eigenvalue weighted by Gasteiger charge is -1.99. The van der Waals surface area contributed by atoms with Gasteiger partial charge >= 0.3 is 0 Å². The summed E-state index contributed by atoms with van der Waals surface area (Å²) in [6.07, 6.45) is 3.25. The number of hydrogen-bond donors (Lipinski definition) is 0. The first-order chi connectivity index (χ1) is 5.22. The van der Waals surface area contributed by atoms with Crippen LogP contribution in [-0.4, -0.2) is 20.8 Å². The van der Waals surface area contributed by atoms with E-state index in [-0.39, 0.29) is 0 Å². The van der Waals surface area contributed by atoms with E-state index in [9.17, 15) is 0 Å². The molecular formula is C9H18O2. The van der Waals surface area contributed by atoms with E-state index in [1.54, 1.807) is 14.2 Å². The molecule has 0 saturated carbocycles. The second-order valence-corrected chi connectivity index (χ2v) is 2.07. The van der Waals surface area contributed by atoms with E-state index < -0.39 is 0 Å². The van der Waals surface area contributed by atoms with E-state index in [1.807, 2.05) is 6.08 Å². The number of ether oxygens (including phenoxy) is 2. The van der Waals surface area contributed by atoms with E-state index in [2.05, 4.69) is 24.8 Å². The lowest BCUT2D eigenvalue weighted by Crippen LogP contribution is -1.97. The van der Waals surface area contributed by atoms with Gasteiger partial charge in [0.1, 0.15) is 0 Å². The largest absolute Gasteiger partial charge is 0.505 e. The van der Waals surface area contributed by atoms with E-state index >= 15 is 0 Å². The van der Waals surface area contributed by atoms with Crippen molar-refractivity contribution in [3.8, 4) is 0 Å². The highest BCUT2D eigenvalue weighted by molar-refractivity contribution is 4.73. The van der Waals surface area contributed by atoms with Crippen molar-refractivity contribution in [2.45, 2.75) is 6.92 Å². The Bertz CT molecular complexity index is 89.6. The molecule has 66 valence electrons. The van der Waals surface area contributed by atoms with Gasteiger partial charge in [0.25, 0.3) is 0 Å². The van der Waals surface area contributed by atoms with E-state index in [4.69, 9.17) is 4.74 Å². The second-order valence-electron chi connectivity index (χ2n) is 2.07. The smallest absolute Gasteiger partial charge is 0.0766 e. The fraction of sp³-hybridized carbons (Fsp3) is 0.556. The summed E-state index contributed by atoms with van der Waals surface area (Å²) in [4.78, 5) is 0. The summed E-state index contributed by atoms with van der Waals surface area (Å²) in [6.45, 7) is 9.70. The first-order valence-electron chi connectivity index (χ1n) is 3.48. The minimum absolute atomic E-state index is 0.491. The van der Waals surface area contributed by atoms with Crippen molar-refractivity contribution in [3.05, 3.63) is 25.5 Å². The van der Waals surface area contributed by atoms with E-state index in [0.29, 0.717) is 5.92 Å². The molecule has 0 aromatic heterocycles. The monoisotopic (exact) mass is 158 g/mol. The maximum atomic E-state index is 4.82. The molecule has 0 saturated heterocycles. The predicted molar refractivity (Wildman–Crippen MR) is 48.4 cm³/mol. The molecule has 0 aliphatic carbocycles. The lowest BCUT2D eigenvalue weighted by molar-refractivity contribution is 0.176. The third-order valence-electron chi connectivity index (χ3n) is 0.999. The summed E-state index contributed by atoms with van der Waals surface area (Å²) in [6, 6.07) is 0. The third kappa shape index (κ3) is 17.6. The van der Waals surface area contributed by atoms with Crippen molar-refractivity contribution in [2.75, 3.05) is 20.8 Å². The fourth-order valence-corrected chi connectivity index (χ4v) is 0.331. The maximum Gasteiger partial charge on any atom is 0.0766 e. The van der Waals surface area contributed by atoms with Crippen molar-refractivity contribution >= 4 is 0 Å². The van der Waals surface area contributed by atoms with Crippen LogP contribution >= 0.6 is 0 Å². The fourth-order valence-electron chi connectivity index (χ4n) is 0.331. The van der Waals surface area contributed by atoms with Gasteiger partial charge in [-0.25, -0.2) is 0 Å². The van der Waals surface area contributed by atoms with Crippen molar-refractivity contribution in [3.63, 3.8) is 0 Å². The number of methoxy groups -OCH3 is 2. The Labute approximate surface area is 69.5 Å². The van der Waals surface area contributed by atoms with Crippen molar-refractivity contribution in [2.24, 2.45) is 5.92 Å². The average molecular weight is 158 g/mol. The molecule has 0 heterocycles. The minimum atomic E-state index is 0.491. The summed E-state index contributed by atoms with van der Waals surface area (Å²) in [7, 11) is 3.26. The van der Waals surface area contributed by atoms with Crippen molar-refractivity contribution < 1.29 is 9.47 Å². The lowest BCUT2D eigenvalue weighted by atomic mass is 10.2. The highest BCUT2D eigenvalue weighted by atomic mass is 16.5. The highest BCUT2D eigenvalue weighted by Gasteiger charge is 1.89. The van der Waals surface area contributed by atoms with Gasteiger partial charge in [-0.05, 0) is 5.92 Å². The van der Waals surface area contributed by atoms with Crippen LogP contribution in [0.1, 0.15) is 6.92 Å². The zero-order valence-electron chi connectivity index (χ0n) is 7.67. The van der Waals surface area contributed by atoms with Crippen LogP contribution in [0.5, 0.6) is 0 Å². The van der Waals surface area contributed by atoms with E-state index in [1.165, 1.54) is 6.26 Å². The molecule has 0 bridgehead atoms. The molecule has 0 aliphatic heterocycles. The number of rotatable bonds is 4. The molecule has 0 unspecified atom stereocenters. The minimum Gasteiger partial charge on any atom is -0.505 e. The maximum absolute atomic E-state index is 4.82. The predicted octanol–water partition coefficient (Wildman–Crippen LogP) is 2.23. The molecule has 0 aromatic rings. The molecule has 2 heteroatoms. The van der Waals surface area contributed by atoms with Gasteiger partial charge in [-0.15, -0.1) is 6.58 Å². The third-order valence-corrected chi connectivity index (χ3v) is 0.999. The average Bonchev–Trinajstić information content (AvgIpc) is 2.05. The Balaban J connectivity index is 0. The Morgan fingerprint density at radius 2 is 1.82 bits per heavy atom. The van der Waals surface area contributed by atoms with Gasteiger partial charge in [-0.2, -0.15) is 0 Å². The molecule has 11 heavy (non-hydrogen) atoms. The molecule has 0 amide bonds. The quantitative estimate of drug-likeness (QED) is 0.461. The van der Waals surface area contributed by atoms with Crippen molar-refractivity contribution in [1.82, 2.24) is 0 Å². The summed E-state index contributed by atoms with van der Waals surface area (Å²) in [5, 5.41) is 0. The molecule has 0 aromatic carbocycles. The number of hydrogen-bond acceptors (Lipinski definition) is 2. The summed E-state index contributed by atoms with van der Waals surface area (Å²) < 4.78 is 9.13. The SMILES string of the molecule is C=COC.C=C[C@H](C)COC. The van der Waals surface area contributed by atoms with Crippen LogP contribution in [0.3, 0.4) is 0 Å². The summed E-state index contributed by atoms with van der Waals surface area (Å²) in [5.74, 6) is 0.491. The van der Waals surface area contributed by atoms with Crippen LogP contribution in [0.15, 0.2) is 25.5 Å². The van der Waals surface area contributed by atoms with Gasteiger partial charge in [-0.1, -0.05) is 19.6 Å². The molecule has 0 fully saturated rings. The van der Waals surface area contributed by atoms with Crippen LogP contribution < -0.4 is 0 Å². The van der Waals surface area contributed by atoms with Gasteiger partial charge in [0.15, 0.2) is 0 Å². The van der Waals surface area contributed by atoms with Gasteiger partial charge in [0.05, 0.1) is 20.0 Å². The first-order valence-corrected chi connectivity index (χ1v) is 3.48. The zero-order chi connectivity index (χ0) is 9.11. The zero-order valence-corrected chi connectivity index (χ0v) is 7.67. The van der Waals surface area contributed by atoms with Gasteiger partial charge in [-0.3, -0.25) is 0 Å². The Kier molecular flexibility index (Phi) is 14.0. The van der Waals surface area contributed by atoms with Crippen LogP contribution in [-0.2, 0) is 9.47 Å². The van der Waals surface area contributed by atoms with Gasteiger partial charge in [0.2, 0.25) is 0 Å². The molecular weight excluding hydrogens is 140 g/mol. The van der Waals surface area contributed by atoms with Crippen LogP contribution in [0.2, 0.25) is 0 Å². The first kappa shape index (κ1) is 12.9. The van der Waals surface area contributed by atoms with Crippen molar-refractivity contribution in [1.29, 1.82) is 0 Å². The molecule has 2 nitrogen and oxygen atoms in total. The Morgan fingerprint density at radius 1 is 1.36 bits per heavy atom. The van der Waals surface area contributed by atoms with Gasteiger partial charge < -0.3 is 9.47 Å². The second kappa shape index (κ2) is 12.0. The molecule has 0 N–H and O–H groups in total. The normalized spacial score (nSPS) is 10.5. The topological polar surface area (TPSA) is 18.5 Å². The Morgan fingerprint density at radius 3 is 1.91 bits per heavy atom. The van der Waals surface area contributed by atoms with E-state index in [0.717, 1.165) is 6.61 Å². The van der Waals surface area contributed by atoms with Crippen LogP contribution in [0.25, 0.3) is 0 Å². The van der Waals surface area contributed by atoms with Gasteiger partial charge in [0, 0.05) is 7.11 Å². The molecule has 0 rings (SSSR count). The summed E-state index contributed by atoms with van der Waals surface area (Å²) in [5.41, 5.74) is 0.